The van der Waals surface area contributed by atoms with Crippen molar-refractivity contribution in [3.63, 3.8) is 0 Å². The lowest BCUT2D eigenvalue weighted by Crippen LogP contribution is -2.25. The first kappa shape index (κ1) is 11.4. The standard InChI is InChI=1S/C10H18ClN3/c1-5-14(6-2)10-9(7-11)8(3)12-13(10)4/h5-7H2,1-4H3. The summed E-state index contributed by atoms with van der Waals surface area (Å²) in [6, 6.07) is 0. The highest BCUT2D eigenvalue weighted by Crippen LogP contribution is 2.24. The lowest BCUT2D eigenvalue weighted by Gasteiger charge is -2.22. The van der Waals surface area contributed by atoms with Crippen LogP contribution in [-0.2, 0) is 12.9 Å². The van der Waals surface area contributed by atoms with E-state index in [1.54, 1.807) is 0 Å². The Morgan fingerprint density at radius 1 is 1.36 bits per heavy atom. The zero-order valence-corrected chi connectivity index (χ0v) is 10.1. The molecule has 0 fully saturated rings. The molecule has 1 aromatic heterocycles. The molecule has 0 saturated heterocycles. The van der Waals surface area contributed by atoms with Gasteiger partial charge in [-0.1, -0.05) is 0 Å². The Bertz CT molecular complexity index is 303. The molecule has 1 rings (SSSR count). The van der Waals surface area contributed by atoms with Gasteiger partial charge in [0.25, 0.3) is 0 Å². The normalized spacial score (nSPS) is 10.6. The Hall–Kier alpha value is -0.700. The van der Waals surface area contributed by atoms with E-state index in [0.717, 1.165) is 30.2 Å². The predicted octanol–water partition coefficient (Wildman–Crippen LogP) is 2.31. The Morgan fingerprint density at radius 2 is 1.93 bits per heavy atom. The summed E-state index contributed by atoms with van der Waals surface area (Å²) < 4.78 is 1.92. The molecule has 80 valence electrons. The number of rotatable bonds is 4. The molecule has 0 N–H and O–H groups in total. The van der Waals surface area contributed by atoms with Crippen molar-refractivity contribution in [1.82, 2.24) is 9.78 Å². The molecule has 1 aromatic rings. The molecule has 0 bridgehead atoms. The van der Waals surface area contributed by atoms with Crippen LogP contribution in [0.4, 0.5) is 5.82 Å². The molecule has 14 heavy (non-hydrogen) atoms. The molecule has 1 heterocycles. The minimum absolute atomic E-state index is 0.533. The first-order valence-electron chi connectivity index (χ1n) is 4.99. The van der Waals surface area contributed by atoms with Gasteiger partial charge in [0.15, 0.2) is 0 Å². The van der Waals surface area contributed by atoms with E-state index in [4.69, 9.17) is 11.6 Å². The molecule has 0 aliphatic carbocycles. The van der Waals surface area contributed by atoms with Crippen LogP contribution in [0.5, 0.6) is 0 Å². The third-order valence-electron chi connectivity index (χ3n) is 2.51. The van der Waals surface area contributed by atoms with Gasteiger partial charge in [-0.15, -0.1) is 11.6 Å². The topological polar surface area (TPSA) is 21.1 Å². The highest BCUT2D eigenvalue weighted by molar-refractivity contribution is 6.17. The number of anilines is 1. The third kappa shape index (κ3) is 1.87. The molecule has 0 spiro atoms. The quantitative estimate of drug-likeness (QED) is 0.719. The van der Waals surface area contributed by atoms with Gasteiger partial charge >= 0.3 is 0 Å². The van der Waals surface area contributed by atoms with E-state index in [0.29, 0.717) is 5.88 Å². The van der Waals surface area contributed by atoms with Gasteiger partial charge in [-0.3, -0.25) is 4.68 Å². The van der Waals surface area contributed by atoms with Crippen LogP contribution in [0, 0.1) is 6.92 Å². The Balaban J connectivity index is 3.16. The zero-order chi connectivity index (χ0) is 10.7. The van der Waals surface area contributed by atoms with Crippen LogP contribution < -0.4 is 4.90 Å². The van der Waals surface area contributed by atoms with Crippen molar-refractivity contribution in [3.8, 4) is 0 Å². The van der Waals surface area contributed by atoms with Gasteiger partial charge in [0.2, 0.25) is 0 Å². The second-order valence-electron chi connectivity index (χ2n) is 3.32. The lowest BCUT2D eigenvalue weighted by atomic mass is 10.2. The summed E-state index contributed by atoms with van der Waals surface area (Å²) in [6.07, 6.45) is 0. The minimum atomic E-state index is 0.533. The minimum Gasteiger partial charge on any atom is -0.357 e. The zero-order valence-electron chi connectivity index (χ0n) is 9.34. The highest BCUT2D eigenvalue weighted by Gasteiger charge is 2.16. The monoisotopic (exact) mass is 215 g/mol. The molecule has 0 aromatic carbocycles. The van der Waals surface area contributed by atoms with Gasteiger partial charge in [0.1, 0.15) is 5.82 Å². The summed E-state index contributed by atoms with van der Waals surface area (Å²) in [7, 11) is 1.97. The van der Waals surface area contributed by atoms with Gasteiger partial charge in [-0.2, -0.15) is 5.10 Å². The predicted molar refractivity (Wildman–Crippen MR) is 61.1 cm³/mol. The first-order chi connectivity index (χ1) is 6.65. The second kappa shape index (κ2) is 4.69. The number of hydrogen-bond donors (Lipinski definition) is 0. The number of aromatic nitrogens is 2. The molecule has 0 saturated carbocycles. The number of aryl methyl sites for hydroxylation is 2. The van der Waals surface area contributed by atoms with Crippen molar-refractivity contribution >= 4 is 17.4 Å². The van der Waals surface area contributed by atoms with Gasteiger partial charge in [0, 0.05) is 25.7 Å². The van der Waals surface area contributed by atoms with Gasteiger partial charge in [-0.05, 0) is 20.8 Å². The fraction of sp³-hybridized carbons (Fsp3) is 0.700. The highest BCUT2D eigenvalue weighted by atomic mass is 35.5. The molecule has 0 aliphatic rings. The van der Waals surface area contributed by atoms with Gasteiger partial charge < -0.3 is 4.90 Å². The lowest BCUT2D eigenvalue weighted by molar-refractivity contribution is 0.715. The van der Waals surface area contributed by atoms with E-state index in [-0.39, 0.29) is 0 Å². The maximum Gasteiger partial charge on any atom is 0.131 e. The third-order valence-corrected chi connectivity index (χ3v) is 2.78. The van der Waals surface area contributed by atoms with Crippen molar-refractivity contribution in [2.45, 2.75) is 26.7 Å². The first-order valence-corrected chi connectivity index (χ1v) is 5.52. The molecular formula is C10H18ClN3. The average Bonchev–Trinajstić information content (AvgIpc) is 2.44. The summed E-state index contributed by atoms with van der Waals surface area (Å²) in [4.78, 5) is 2.28. The van der Waals surface area contributed by atoms with Gasteiger partial charge in [0.05, 0.1) is 11.6 Å². The van der Waals surface area contributed by atoms with Crippen LogP contribution in [-0.4, -0.2) is 22.9 Å². The molecule has 3 nitrogen and oxygen atoms in total. The summed E-state index contributed by atoms with van der Waals surface area (Å²) in [5.41, 5.74) is 2.18. The number of halogens is 1. The van der Waals surface area contributed by atoms with E-state index in [1.807, 2.05) is 18.7 Å². The summed E-state index contributed by atoms with van der Waals surface area (Å²) in [5, 5.41) is 4.39. The number of hydrogen-bond acceptors (Lipinski definition) is 2. The van der Waals surface area contributed by atoms with E-state index < -0.39 is 0 Å². The number of nitrogens with zero attached hydrogens (tertiary/aromatic N) is 3. The summed E-state index contributed by atoms with van der Waals surface area (Å²) in [5.74, 6) is 1.69. The van der Waals surface area contributed by atoms with Crippen molar-refractivity contribution in [3.05, 3.63) is 11.3 Å². The number of alkyl halides is 1. The second-order valence-corrected chi connectivity index (χ2v) is 3.58. The Kier molecular flexibility index (Phi) is 3.81. The molecule has 0 amide bonds. The van der Waals surface area contributed by atoms with Gasteiger partial charge in [-0.25, -0.2) is 0 Å². The average molecular weight is 216 g/mol. The maximum atomic E-state index is 5.93. The fourth-order valence-electron chi connectivity index (χ4n) is 1.76. The Labute approximate surface area is 90.7 Å². The molecule has 0 atom stereocenters. The van der Waals surface area contributed by atoms with E-state index >= 15 is 0 Å². The molecule has 0 unspecified atom stereocenters. The van der Waals surface area contributed by atoms with Crippen LogP contribution >= 0.6 is 11.6 Å². The SMILES string of the molecule is CCN(CC)c1c(CCl)c(C)nn1C. The van der Waals surface area contributed by atoms with Crippen molar-refractivity contribution < 1.29 is 0 Å². The molecule has 4 heteroatoms. The van der Waals surface area contributed by atoms with Crippen molar-refractivity contribution in [2.24, 2.45) is 7.05 Å². The largest absolute Gasteiger partial charge is 0.357 e. The Morgan fingerprint density at radius 3 is 2.36 bits per heavy atom. The smallest absolute Gasteiger partial charge is 0.131 e. The molecule has 0 radical (unpaired) electrons. The van der Waals surface area contributed by atoms with Crippen LogP contribution in [0.1, 0.15) is 25.1 Å². The van der Waals surface area contributed by atoms with E-state index in [1.165, 1.54) is 0 Å². The van der Waals surface area contributed by atoms with Crippen molar-refractivity contribution in [1.29, 1.82) is 0 Å². The van der Waals surface area contributed by atoms with Crippen LogP contribution in [0.15, 0.2) is 0 Å². The van der Waals surface area contributed by atoms with E-state index in [2.05, 4.69) is 23.8 Å². The van der Waals surface area contributed by atoms with E-state index in [9.17, 15) is 0 Å². The molecular weight excluding hydrogens is 198 g/mol. The summed E-state index contributed by atoms with van der Waals surface area (Å²) in [6.45, 7) is 8.26. The van der Waals surface area contributed by atoms with Crippen LogP contribution in [0.3, 0.4) is 0 Å². The molecule has 0 aliphatic heterocycles. The maximum absolute atomic E-state index is 5.93. The van der Waals surface area contributed by atoms with Crippen LogP contribution in [0.2, 0.25) is 0 Å². The van der Waals surface area contributed by atoms with Crippen LogP contribution in [0.25, 0.3) is 0 Å². The fourth-order valence-corrected chi connectivity index (χ4v) is 2.08. The summed E-state index contributed by atoms with van der Waals surface area (Å²) >= 11 is 5.93. The van der Waals surface area contributed by atoms with Crippen molar-refractivity contribution in [2.75, 3.05) is 18.0 Å².